The van der Waals surface area contributed by atoms with E-state index in [2.05, 4.69) is 5.32 Å². The van der Waals surface area contributed by atoms with Gasteiger partial charge in [0.2, 0.25) is 0 Å². The number of anilines is 1. The number of carbonyl (C=O) groups is 2. The molecule has 0 spiro atoms. The van der Waals surface area contributed by atoms with Gasteiger partial charge in [0, 0.05) is 5.69 Å². The Balaban J connectivity index is 2.46. The van der Waals surface area contributed by atoms with Crippen molar-refractivity contribution in [2.75, 3.05) is 11.9 Å². The van der Waals surface area contributed by atoms with E-state index >= 15 is 0 Å². The number of hydrogen-bond donors (Lipinski definition) is 1. The molecule has 1 aromatic carbocycles. The van der Waals surface area contributed by atoms with E-state index in [1.54, 1.807) is 19.9 Å². The molecular weight excluding hydrogens is 218 g/mol. The lowest BCUT2D eigenvalue weighted by Crippen LogP contribution is -2.23. The first kappa shape index (κ1) is 13.2. The molecule has 0 unspecified atom stereocenters. The first-order valence-corrected chi connectivity index (χ1v) is 5.53. The highest BCUT2D eigenvalue weighted by Crippen LogP contribution is 2.12. The normalized spacial score (nSPS) is 10.1. The van der Waals surface area contributed by atoms with Crippen LogP contribution < -0.4 is 5.32 Å². The van der Waals surface area contributed by atoms with Crippen molar-refractivity contribution in [3.63, 3.8) is 0 Å². The Kier molecular flexibility index (Phi) is 4.69. The standard InChI is InChI=1S/C13H17NO3/c1-9(2)13(16)17-8-12(15)14-11-7-5-4-6-10(11)3/h4-7,9H,8H2,1-3H3,(H,14,15). The molecule has 0 aromatic heterocycles. The molecule has 4 heteroatoms. The molecule has 0 bridgehead atoms. The van der Waals surface area contributed by atoms with Crippen molar-refractivity contribution in [1.82, 2.24) is 0 Å². The molecule has 1 amide bonds. The molecular formula is C13H17NO3. The topological polar surface area (TPSA) is 55.4 Å². The van der Waals surface area contributed by atoms with E-state index in [-0.39, 0.29) is 24.4 Å². The van der Waals surface area contributed by atoms with Gasteiger partial charge in [0.1, 0.15) is 0 Å². The zero-order valence-corrected chi connectivity index (χ0v) is 10.3. The molecule has 0 aliphatic rings. The number of ether oxygens (including phenoxy) is 1. The zero-order valence-electron chi connectivity index (χ0n) is 10.3. The highest BCUT2D eigenvalue weighted by atomic mass is 16.5. The maximum Gasteiger partial charge on any atom is 0.308 e. The summed E-state index contributed by atoms with van der Waals surface area (Å²) in [6.45, 7) is 5.10. The van der Waals surface area contributed by atoms with Crippen LogP contribution in [0.25, 0.3) is 0 Å². The highest BCUT2D eigenvalue weighted by molar-refractivity contribution is 5.93. The predicted molar refractivity (Wildman–Crippen MR) is 65.6 cm³/mol. The summed E-state index contributed by atoms with van der Waals surface area (Å²) < 4.78 is 4.83. The number of nitrogens with one attached hydrogen (secondary N) is 1. The minimum absolute atomic E-state index is 0.221. The number of carbonyl (C=O) groups excluding carboxylic acids is 2. The zero-order chi connectivity index (χ0) is 12.8. The maximum absolute atomic E-state index is 11.5. The second-order valence-electron chi connectivity index (χ2n) is 4.13. The Bertz CT molecular complexity index is 413. The highest BCUT2D eigenvalue weighted by Gasteiger charge is 2.11. The molecule has 0 radical (unpaired) electrons. The summed E-state index contributed by atoms with van der Waals surface area (Å²) in [5.74, 6) is -0.917. The molecule has 0 heterocycles. The molecule has 17 heavy (non-hydrogen) atoms. The molecule has 4 nitrogen and oxygen atoms in total. The van der Waals surface area contributed by atoms with Crippen LogP contribution in [-0.2, 0) is 14.3 Å². The Morgan fingerprint density at radius 3 is 2.53 bits per heavy atom. The molecule has 0 aliphatic heterocycles. The van der Waals surface area contributed by atoms with Gasteiger partial charge >= 0.3 is 5.97 Å². The van der Waals surface area contributed by atoms with E-state index in [0.29, 0.717) is 0 Å². The second kappa shape index (κ2) is 6.03. The number of benzene rings is 1. The maximum atomic E-state index is 11.5. The van der Waals surface area contributed by atoms with E-state index < -0.39 is 0 Å². The van der Waals surface area contributed by atoms with E-state index in [1.165, 1.54) is 0 Å². The third-order valence-corrected chi connectivity index (χ3v) is 2.24. The second-order valence-corrected chi connectivity index (χ2v) is 4.13. The SMILES string of the molecule is Cc1ccccc1NC(=O)COC(=O)C(C)C. The van der Waals surface area contributed by atoms with Crippen molar-refractivity contribution in [3.05, 3.63) is 29.8 Å². The fourth-order valence-corrected chi connectivity index (χ4v) is 1.20. The number of rotatable bonds is 4. The van der Waals surface area contributed by atoms with Crippen molar-refractivity contribution in [3.8, 4) is 0 Å². The van der Waals surface area contributed by atoms with E-state index in [0.717, 1.165) is 11.3 Å². The summed E-state index contributed by atoms with van der Waals surface area (Å²) in [4.78, 5) is 22.7. The molecule has 0 atom stereocenters. The van der Waals surface area contributed by atoms with Gasteiger partial charge in [-0.25, -0.2) is 0 Å². The van der Waals surface area contributed by atoms with Crippen LogP contribution in [0.4, 0.5) is 5.69 Å². The van der Waals surface area contributed by atoms with Gasteiger partial charge in [-0.3, -0.25) is 9.59 Å². The predicted octanol–water partition coefficient (Wildman–Crippen LogP) is 2.13. The van der Waals surface area contributed by atoms with Crippen LogP contribution in [0.1, 0.15) is 19.4 Å². The molecule has 0 aliphatic carbocycles. The van der Waals surface area contributed by atoms with Crippen LogP contribution in [0, 0.1) is 12.8 Å². The van der Waals surface area contributed by atoms with Gasteiger partial charge < -0.3 is 10.1 Å². The van der Waals surface area contributed by atoms with Gasteiger partial charge in [-0.2, -0.15) is 0 Å². The molecule has 1 N–H and O–H groups in total. The van der Waals surface area contributed by atoms with Gasteiger partial charge in [-0.05, 0) is 18.6 Å². The molecule has 0 saturated heterocycles. The number of amides is 1. The van der Waals surface area contributed by atoms with Crippen molar-refractivity contribution < 1.29 is 14.3 Å². The first-order valence-electron chi connectivity index (χ1n) is 5.53. The Morgan fingerprint density at radius 2 is 1.94 bits per heavy atom. The lowest BCUT2D eigenvalue weighted by Gasteiger charge is -2.09. The molecule has 1 rings (SSSR count). The fraction of sp³-hybridized carbons (Fsp3) is 0.385. The van der Waals surface area contributed by atoms with Crippen molar-refractivity contribution in [1.29, 1.82) is 0 Å². The fourth-order valence-electron chi connectivity index (χ4n) is 1.20. The van der Waals surface area contributed by atoms with Crippen molar-refractivity contribution >= 4 is 17.6 Å². The lowest BCUT2D eigenvalue weighted by molar-refractivity contribution is -0.150. The Hall–Kier alpha value is -1.84. The smallest absolute Gasteiger partial charge is 0.308 e. The largest absolute Gasteiger partial charge is 0.455 e. The Labute approximate surface area is 101 Å². The third kappa shape index (κ3) is 4.26. The average molecular weight is 235 g/mol. The summed E-state index contributed by atoms with van der Waals surface area (Å²) in [7, 11) is 0. The van der Waals surface area contributed by atoms with E-state index in [4.69, 9.17) is 4.74 Å². The lowest BCUT2D eigenvalue weighted by atomic mass is 10.2. The van der Waals surface area contributed by atoms with Crippen LogP contribution in [0.15, 0.2) is 24.3 Å². The summed E-state index contributed by atoms with van der Waals surface area (Å²) in [6.07, 6.45) is 0. The molecule has 1 aromatic rings. The summed E-state index contributed by atoms with van der Waals surface area (Å²) in [6, 6.07) is 7.43. The van der Waals surface area contributed by atoms with Crippen LogP contribution >= 0.6 is 0 Å². The average Bonchev–Trinajstić information content (AvgIpc) is 2.29. The van der Waals surface area contributed by atoms with Crippen LogP contribution in [0.2, 0.25) is 0 Å². The van der Waals surface area contributed by atoms with Crippen LogP contribution in [-0.4, -0.2) is 18.5 Å². The number of esters is 1. The number of aryl methyl sites for hydroxylation is 1. The van der Waals surface area contributed by atoms with Gasteiger partial charge in [0.15, 0.2) is 6.61 Å². The van der Waals surface area contributed by atoms with E-state index in [9.17, 15) is 9.59 Å². The van der Waals surface area contributed by atoms with Gasteiger partial charge in [0.25, 0.3) is 5.91 Å². The number of para-hydroxylation sites is 1. The van der Waals surface area contributed by atoms with Crippen LogP contribution in [0.5, 0.6) is 0 Å². The summed E-state index contributed by atoms with van der Waals surface area (Å²) in [5, 5.41) is 2.69. The molecule has 92 valence electrons. The summed E-state index contributed by atoms with van der Waals surface area (Å²) in [5.41, 5.74) is 1.70. The minimum Gasteiger partial charge on any atom is -0.455 e. The molecule has 0 saturated carbocycles. The van der Waals surface area contributed by atoms with Crippen LogP contribution in [0.3, 0.4) is 0 Å². The first-order chi connectivity index (χ1) is 8.00. The minimum atomic E-state index is -0.370. The third-order valence-electron chi connectivity index (χ3n) is 2.24. The van der Waals surface area contributed by atoms with Crippen molar-refractivity contribution in [2.24, 2.45) is 5.92 Å². The molecule has 0 fully saturated rings. The van der Waals surface area contributed by atoms with Gasteiger partial charge in [-0.1, -0.05) is 32.0 Å². The van der Waals surface area contributed by atoms with E-state index in [1.807, 2.05) is 25.1 Å². The monoisotopic (exact) mass is 235 g/mol. The van der Waals surface area contributed by atoms with Gasteiger partial charge in [-0.15, -0.1) is 0 Å². The number of hydrogen-bond acceptors (Lipinski definition) is 3. The summed E-state index contributed by atoms with van der Waals surface area (Å²) >= 11 is 0. The quantitative estimate of drug-likeness (QED) is 0.813. The van der Waals surface area contributed by atoms with Gasteiger partial charge in [0.05, 0.1) is 5.92 Å². The van der Waals surface area contributed by atoms with Crippen molar-refractivity contribution in [2.45, 2.75) is 20.8 Å². The Morgan fingerprint density at radius 1 is 1.29 bits per heavy atom.